The minimum atomic E-state index is 0.0958. The summed E-state index contributed by atoms with van der Waals surface area (Å²) in [5.74, 6) is 1.73. The molecule has 25 heavy (non-hydrogen) atoms. The molecule has 1 heterocycles. The molecule has 5 nitrogen and oxygen atoms in total. The number of nitrogens with zero attached hydrogens (tertiary/aromatic N) is 1. The number of fused-ring (bicyclic) bond motifs is 3. The van der Waals surface area contributed by atoms with Crippen molar-refractivity contribution in [1.29, 1.82) is 0 Å². The zero-order valence-electron chi connectivity index (χ0n) is 15.0. The number of amides is 1. The Morgan fingerprint density at radius 2 is 1.56 bits per heavy atom. The number of rotatable bonds is 7. The summed E-state index contributed by atoms with van der Waals surface area (Å²) in [7, 11) is 3.34. The molecule has 0 aliphatic carbocycles. The molecule has 0 bridgehead atoms. The van der Waals surface area contributed by atoms with Gasteiger partial charge in [-0.25, -0.2) is 0 Å². The van der Waals surface area contributed by atoms with E-state index in [1.807, 2.05) is 31.2 Å². The summed E-state index contributed by atoms with van der Waals surface area (Å²) >= 11 is 0. The number of benzene rings is 2. The average molecular weight is 340 g/mol. The van der Waals surface area contributed by atoms with Crippen molar-refractivity contribution in [2.45, 2.75) is 26.3 Å². The number of ether oxygens (including phenoxy) is 2. The van der Waals surface area contributed by atoms with Crippen LogP contribution in [0, 0.1) is 0 Å². The predicted molar refractivity (Wildman–Crippen MR) is 100 cm³/mol. The summed E-state index contributed by atoms with van der Waals surface area (Å²) < 4.78 is 13.0. The Kier molecular flexibility index (Phi) is 5.12. The second kappa shape index (κ2) is 7.47. The van der Waals surface area contributed by atoms with Gasteiger partial charge in [-0.2, -0.15) is 0 Å². The molecule has 0 radical (unpaired) electrons. The second-order valence-corrected chi connectivity index (χ2v) is 6.02. The average Bonchev–Trinajstić information content (AvgIpc) is 2.94. The summed E-state index contributed by atoms with van der Waals surface area (Å²) in [6, 6.07) is 12.2. The Morgan fingerprint density at radius 3 is 2.04 bits per heavy atom. The lowest BCUT2D eigenvalue weighted by Gasteiger charge is -2.10. The topological polar surface area (TPSA) is 52.5 Å². The highest BCUT2D eigenvalue weighted by molar-refractivity contribution is 6.08. The van der Waals surface area contributed by atoms with E-state index in [0.29, 0.717) is 19.5 Å². The lowest BCUT2D eigenvalue weighted by atomic mass is 10.1. The molecule has 0 fully saturated rings. The quantitative estimate of drug-likeness (QED) is 0.713. The zero-order valence-corrected chi connectivity index (χ0v) is 15.0. The number of nitrogens with one attached hydrogen (secondary N) is 1. The van der Waals surface area contributed by atoms with Crippen molar-refractivity contribution in [1.82, 2.24) is 9.88 Å². The molecule has 3 aromatic rings. The Bertz CT molecular complexity index is 837. The van der Waals surface area contributed by atoms with Crippen molar-refractivity contribution in [2.24, 2.45) is 0 Å². The number of methoxy groups -OCH3 is 2. The van der Waals surface area contributed by atoms with E-state index in [0.717, 1.165) is 29.0 Å². The molecule has 132 valence electrons. The molecule has 2 aromatic carbocycles. The Morgan fingerprint density at radius 1 is 1.00 bits per heavy atom. The molecule has 0 saturated carbocycles. The first kappa shape index (κ1) is 17.1. The third-order valence-electron chi connectivity index (χ3n) is 4.42. The van der Waals surface area contributed by atoms with Crippen LogP contribution in [0.1, 0.15) is 19.8 Å². The van der Waals surface area contributed by atoms with Crippen LogP contribution in [0.4, 0.5) is 0 Å². The van der Waals surface area contributed by atoms with Crippen molar-refractivity contribution in [3.63, 3.8) is 0 Å². The van der Waals surface area contributed by atoms with Crippen LogP contribution in [0.3, 0.4) is 0 Å². The molecule has 0 atom stereocenters. The number of aromatic nitrogens is 1. The van der Waals surface area contributed by atoms with Gasteiger partial charge >= 0.3 is 0 Å². The SMILES string of the molecule is CCCC(=O)NCCn1c2cc(OC)ccc2c2ccc(OC)cc21. The standard InChI is InChI=1S/C20H24N2O3/c1-4-5-20(23)21-10-11-22-18-12-14(24-2)6-8-16(18)17-9-7-15(25-3)13-19(17)22/h6-9,12-13H,4-5,10-11H2,1-3H3,(H,21,23). The highest BCUT2D eigenvalue weighted by Gasteiger charge is 2.12. The maximum atomic E-state index is 11.7. The summed E-state index contributed by atoms with van der Waals surface area (Å²) in [5, 5.41) is 5.32. The first-order valence-corrected chi connectivity index (χ1v) is 8.58. The van der Waals surface area contributed by atoms with Crippen LogP contribution in [-0.2, 0) is 11.3 Å². The molecule has 1 amide bonds. The van der Waals surface area contributed by atoms with Crippen molar-refractivity contribution >= 4 is 27.7 Å². The van der Waals surface area contributed by atoms with E-state index in [-0.39, 0.29) is 5.91 Å². The number of carbonyl (C=O) groups excluding carboxylic acids is 1. The van der Waals surface area contributed by atoms with Gasteiger partial charge in [0.1, 0.15) is 11.5 Å². The van der Waals surface area contributed by atoms with E-state index in [2.05, 4.69) is 22.0 Å². The van der Waals surface area contributed by atoms with Crippen LogP contribution in [0.2, 0.25) is 0 Å². The molecule has 0 unspecified atom stereocenters. The van der Waals surface area contributed by atoms with E-state index in [9.17, 15) is 4.79 Å². The minimum absolute atomic E-state index is 0.0958. The fraction of sp³-hybridized carbons (Fsp3) is 0.350. The molecule has 0 aliphatic rings. The van der Waals surface area contributed by atoms with Gasteiger partial charge in [-0.15, -0.1) is 0 Å². The highest BCUT2D eigenvalue weighted by atomic mass is 16.5. The zero-order chi connectivity index (χ0) is 17.8. The van der Waals surface area contributed by atoms with Crippen LogP contribution < -0.4 is 14.8 Å². The highest BCUT2D eigenvalue weighted by Crippen LogP contribution is 2.33. The summed E-state index contributed by atoms with van der Waals surface area (Å²) in [5.41, 5.74) is 2.18. The van der Waals surface area contributed by atoms with Gasteiger partial charge in [0.05, 0.1) is 25.3 Å². The van der Waals surface area contributed by atoms with Crippen molar-refractivity contribution in [3.05, 3.63) is 36.4 Å². The lowest BCUT2D eigenvalue weighted by Crippen LogP contribution is -2.26. The minimum Gasteiger partial charge on any atom is -0.497 e. The van der Waals surface area contributed by atoms with Gasteiger partial charge in [-0.05, 0) is 30.7 Å². The van der Waals surface area contributed by atoms with Gasteiger partial charge < -0.3 is 19.4 Å². The monoisotopic (exact) mass is 340 g/mol. The molecule has 3 rings (SSSR count). The lowest BCUT2D eigenvalue weighted by molar-refractivity contribution is -0.121. The molecule has 1 aromatic heterocycles. The molecule has 0 spiro atoms. The molecule has 0 aliphatic heterocycles. The Hall–Kier alpha value is -2.69. The molecular formula is C20H24N2O3. The molecule has 5 heteroatoms. The van der Waals surface area contributed by atoms with Crippen LogP contribution in [0.15, 0.2) is 36.4 Å². The number of hydrogen-bond donors (Lipinski definition) is 1. The number of carbonyl (C=O) groups is 1. The molecule has 0 saturated heterocycles. The van der Waals surface area contributed by atoms with Gasteiger partial charge in [0.25, 0.3) is 0 Å². The van der Waals surface area contributed by atoms with E-state index in [1.165, 1.54) is 10.8 Å². The van der Waals surface area contributed by atoms with Gasteiger partial charge in [0.2, 0.25) is 5.91 Å². The van der Waals surface area contributed by atoms with Crippen molar-refractivity contribution in [3.8, 4) is 11.5 Å². The largest absolute Gasteiger partial charge is 0.497 e. The fourth-order valence-electron chi connectivity index (χ4n) is 3.17. The maximum Gasteiger partial charge on any atom is 0.220 e. The first-order chi connectivity index (χ1) is 12.2. The van der Waals surface area contributed by atoms with E-state index >= 15 is 0 Å². The van der Waals surface area contributed by atoms with Gasteiger partial charge in [-0.1, -0.05) is 6.92 Å². The second-order valence-electron chi connectivity index (χ2n) is 6.02. The first-order valence-electron chi connectivity index (χ1n) is 8.58. The maximum absolute atomic E-state index is 11.7. The normalized spacial score (nSPS) is 11.0. The molecular weight excluding hydrogens is 316 g/mol. The van der Waals surface area contributed by atoms with Crippen LogP contribution in [-0.4, -0.2) is 31.2 Å². The Balaban J connectivity index is 2.03. The smallest absolute Gasteiger partial charge is 0.220 e. The summed E-state index contributed by atoms with van der Waals surface area (Å²) in [6.07, 6.45) is 1.42. The van der Waals surface area contributed by atoms with E-state index < -0.39 is 0 Å². The van der Waals surface area contributed by atoms with Gasteiger partial charge in [0.15, 0.2) is 0 Å². The van der Waals surface area contributed by atoms with Crippen LogP contribution in [0.5, 0.6) is 11.5 Å². The summed E-state index contributed by atoms with van der Waals surface area (Å²) in [6.45, 7) is 3.28. The third-order valence-corrected chi connectivity index (χ3v) is 4.42. The Labute approximate surface area is 147 Å². The molecule has 1 N–H and O–H groups in total. The predicted octanol–water partition coefficient (Wildman–Crippen LogP) is 3.73. The van der Waals surface area contributed by atoms with E-state index in [4.69, 9.17) is 9.47 Å². The van der Waals surface area contributed by atoms with Crippen molar-refractivity contribution < 1.29 is 14.3 Å². The van der Waals surface area contributed by atoms with Crippen molar-refractivity contribution in [2.75, 3.05) is 20.8 Å². The summed E-state index contributed by atoms with van der Waals surface area (Å²) in [4.78, 5) is 11.7. The van der Waals surface area contributed by atoms with Gasteiger partial charge in [-0.3, -0.25) is 4.79 Å². The van der Waals surface area contributed by atoms with Crippen LogP contribution in [0.25, 0.3) is 21.8 Å². The van der Waals surface area contributed by atoms with Crippen LogP contribution >= 0.6 is 0 Å². The fourth-order valence-corrected chi connectivity index (χ4v) is 3.17. The van der Waals surface area contributed by atoms with Gasteiger partial charge in [0, 0.05) is 42.4 Å². The van der Waals surface area contributed by atoms with E-state index in [1.54, 1.807) is 14.2 Å². The number of hydrogen-bond acceptors (Lipinski definition) is 3. The third kappa shape index (κ3) is 3.40.